The molecule has 0 spiro atoms. The Morgan fingerprint density at radius 3 is 2.74 bits per heavy atom. The molecule has 0 aliphatic carbocycles. The maximum Gasteiger partial charge on any atom is 0.248 e. The number of anilines is 1. The highest BCUT2D eigenvalue weighted by Gasteiger charge is 2.30. The third kappa shape index (κ3) is 2.92. The fourth-order valence-corrected chi connectivity index (χ4v) is 4.14. The Bertz CT molecular complexity index is 524. The maximum atomic E-state index is 12.5. The van der Waals surface area contributed by atoms with Crippen molar-refractivity contribution in [1.82, 2.24) is 14.5 Å². The van der Waals surface area contributed by atoms with Crippen molar-refractivity contribution in [2.45, 2.75) is 38.0 Å². The fourth-order valence-electron chi connectivity index (χ4n) is 2.63. The van der Waals surface area contributed by atoms with Crippen LogP contribution in [0.4, 0.5) is 5.82 Å². The lowest BCUT2D eigenvalue weighted by molar-refractivity contribution is 0.341. The van der Waals surface area contributed by atoms with Crippen LogP contribution < -0.4 is 5.73 Å². The minimum absolute atomic E-state index is 0.0931. The Hall–Kier alpha value is -1.08. The minimum atomic E-state index is -3.51. The molecule has 0 radical (unpaired) electrons. The lowest BCUT2D eigenvalue weighted by Crippen LogP contribution is -2.32. The van der Waals surface area contributed by atoms with E-state index in [0.29, 0.717) is 24.9 Å². The summed E-state index contributed by atoms with van der Waals surface area (Å²) in [5.74, 6) is 1.31. The molecule has 1 aliphatic heterocycles. The number of H-pyrrole nitrogens is 1. The van der Waals surface area contributed by atoms with Gasteiger partial charge in [0.2, 0.25) is 10.0 Å². The molecule has 1 atom stereocenters. The summed E-state index contributed by atoms with van der Waals surface area (Å²) in [6, 6.07) is 0. The summed E-state index contributed by atoms with van der Waals surface area (Å²) >= 11 is 0. The standard InChI is InChI=1S/C12H22N4O2S/c1-9(2)10-4-3-6-16(7-5-10)19(17,18)11-8-14-15-12(11)13/h8-10H,3-7H2,1-2H3,(H3,13,14,15). The van der Waals surface area contributed by atoms with Crippen LogP contribution in [0, 0.1) is 11.8 Å². The molecular weight excluding hydrogens is 264 g/mol. The molecule has 3 N–H and O–H groups in total. The summed E-state index contributed by atoms with van der Waals surface area (Å²) in [5.41, 5.74) is 5.62. The van der Waals surface area contributed by atoms with E-state index in [1.807, 2.05) is 0 Å². The summed E-state index contributed by atoms with van der Waals surface area (Å²) in [4.78, 5) is 0.0931. The fraction of sp³-hybridized carbons (Fsp3) is 0.750. The molecule has 0 saturated carbocycles. The van der Waals surface area contributed by atoms with Crippen LogP contribution in [-0.2, 0) is 10.0 Å². The van der Waals surface area contributed by atoms with Crippen molar-refractivity contribution in [3.63, 3.8) is 0 Å². The van der Waals surface area contributed by atoms with Gasteiger partial charge in [-0.05, 0) is 31.1 Å². The molecule has 6 nitrogen and oxygen atoms in total. The second-order valence-corrected chi connectivity index (χ2v) is 7.39. The first-order valence-corrected chi connectivity index (χ1v) is 8.16. The molecule has 2 heterocycles. The quantitative estimate of drug-likeness (QED) is 0.879. The first-order chi connectivity index (χ1) is 8.93. The molecule has 1 unspecified atom stereocenters. The minimum Gasteiger partial charge on any atom is -0.383 e. The average molecular weight is 286 g/mol. The van der Waals surface area contributed by atoms with Gasteiger partial charge in [-0.2, -0.15) is 9.40 Å². The molecule has 1 fully saturated rings. The SMILES string of the molecule is CC(C)C1CCCN(S(=O)(=O)c2cn[nH]c2N)CC1. The van der Waals surface area contributed by atoms with Crippen molar-refractivity contribution in [2.24, 2.45) is 11.8 Å². The van der Waals surface area contributed by atoms with Crippen LogP contribution in [0.2, 0.25) is 0 Å². The summed E-state index contributed by atoms with van der Waals surface area (Å²) in [6.07, 6.45) is 4.19. The summed E-state index contributed by atoms with van der Waals surface area (Å²) < 4.78 is 26.5. The van der Waals surface area contributed by atoms with Crippen molar-refractivity contribution in [3.05, 3.63) is 6.20 Å². The van der Waals surface area contributed by atoms with E-state index >= 15 is 0 Å². The van der Waals surface area contributed by atoms with E-state index in [0.717, 1.165) is 19.3 Å². The Kier molecular flexibility index (Phi) is 4.15. The molecule has 0 aromatic carbocycles. The van der Waals surface area contributed by atoms with Gasteiger partial charge in [-0.25, -0.2) is 8.42 Å². The van der Waals surface area contributed by atoms with Crippen molar-refractivity contribution in [3.8, 4) is 0 Å². The van der Waals surface area contributed by atoms with Crippen molar-refractivity contribution in [1.29, 1.82) is 0 Å². The number of nitrogens with one attached hydrogen (secondary N) is 1. The van der Waals surface area contributed by atoms with Gasteiger partial charge in [0, 0.05) is 13.1 Å². The van der Waals surface area contributed by atoms with Gasteiger partial charge in [0.05, 0.1) is 6.20 Å². The van der Waals surface area contributed by atoms with Gasteiger partial charge in [0.1, 0.15) is 10.7 Å². The van der Waals surface area contributed by atoms with Gasteiger partial charge in [-0.1, -0.05) is 13.8 Å². The Balaban J connectivity index is 2.16. The third-order valence-corrected chi connectivity index (χ3v) is 5.85. The zero-order valence-electron chi connectivity index (χ0n) is 11.5. The second-order valence-electron chi connectivity index (χ2n) is 5.49. The molecule has 0 amide bonds. The van der Waals surface area contributed by atoms with Crippen LogP contribution in [0.15, 0.2) is 11.1 Å². The summed E-state index contributed by atoms with van der Waals surface area (Å²) in [5, 5.41) is 6.17. The van der Waals surface area contributed by atoms with E-state index in [4.69, 9.17) is 5.73 Å². The van der Waals surface area contributed by atoms with Gasteiger partial charge >= 0.3 is 0 Å². The summed E-state index contributed by atoms with van der Waals surface area (Å²) in [6.45, 7) is 5.53. The Morgan fingerprint density at radius 1 is 1.42 bits per heavy atom. The smallest absolute Gasteiger partial charge is 0.248 e. The number of hydrogen-bond donors (Lipinski definition) is 2. The van der Waals surface area contributed by atoms with Crippen LogP contribution in [-0.4, -0.2) is 36.0 Å². The monoisotopic (exact) mass is 286 g/mol. The van der Waals surface area contributed by atoms with Crippen LogP contribution in [0.25, 0.3) is 0 Å². The van der Waals surface area contributed by atoms with E-state index in [1.54, 1.807) is 0 Å². The van der Waals surface area contributed by atoms with E-state index < -0.39 is 10.0 Å². The number of rotatable bonds is 3. The molecule has 1 aliphatic rings. The van der Waals surface area contributed by atoms with E-state index in [9.17, 15) is 8.42 Å². The van der Waals surface area contributed by atoms with Gasteiger partial charge in [-0.15, -0.1) is 0 Å². The predicted octanol–water partition coefficient (Wildman–Crippen LogP) is 1.44. The lowest BCUT2D eigenvalue weighted by Gasteiger charge is -2.20. The maximum absolute atomic E-state index is 12.5. The van der Waals surface area contributed by atoms with Crippen LogP contribution in [0.3, 0.4) is 0 Å². The van der Waals surface area contributed by atoms with E-state index in [2.05, 4.69) is 24.0 Å². The highest BCUT2D eigenvalue weighted by atomic mass is 32.2. The highest BCUT2D eigenvalue weighted by molar-refractivity contribution is 7.89. The lowest BCUT2D eigenvalue weighted by atomic mass is 9.89. The predicted molar refractivity (Wildman–Crippen MR) is 73.9 cm³/mol. The zero-order chi connectivity index (χ0) is 14.0. The first-order valence-electron chi connectivity index (χ1n) is 6.72. The van der Waals surface area contributed by atoms with Gasteiger partial charge in [0.15, 0.2) is 0 Å². The molecule has 1 aromatic heterocycles. The van der Waals surface area contributed by atoms with Crippen LogP contribution in [0.5, 0.6) is 0 Å². The molecule has 108 valence electrons. The first kappa shape index (κ1) is 14.3. The number of aromatic amines is 1. The Labute approximate surface area is 114 Å². The zero-order valence-corrected chi connectivity index (χ0v) is 12.3. The molecule has 19 heavy (non-hydrogen) atoms. The average Bonchev–Trinajstić information content (AvgIpc) is 2.64. The van der Waals surface area contributed by atoms with Gasteiger partial charge < -0.3 is 5.73 Å². The second kappa shape index (κ2) is 5.50. The van der Waals surface area contributed by atoms with Gasteiger partial charge in [-0.3, -0.25) is 5.10 Å². The van der Waals surface area contributed by atoms with Gasteiger partial charge in [0.25, 0.3) is 0 Å². The number of aromatic nitrogens is 2. The topological polar surface area (TPSA) is 92.1 Å². The van der Waals surface area contributed by atoms with E-state index in [1.165, 1.54) is 10.5 Å². The van der Waals surface area contributed by atoms with Crippen molar-refractivity contribution in [2.75, 3.05) is 18.8 Å². The number of sulfonamides is 1. The van der Waals surface area contributed by atoms with Crippen LogP contribution >= 0.6 is 0 Å². The number of nitrogens with zero attached hydrogens (tertiary/aromatic N) is 2. The normalized spacial score (nSPS) is 22.6. The largest absolute Gasteiger partial charge is 0.383 e. The van der Waals surface area contributed by atoms with Crippen LogP contribution in [0.1, 0.15) is 33.1 Å². The molecule has 2 rings (SSSR count). The molecule has 1 aromatic rings. The number of nitrogens with two attached hydrogens (primary N) is 1. The summed E-state index contributed by atoms with van der Waals surface area (Å²) in [7, 11) is -3.51. The molecule has 7 heteroatoms. The number of hydrogen-bond acceptors (Lipinski definition) is 4. The van der Waals surface area contributed by atoms with Crippen molar-refractivity contribution < 1.29 is 8.42 Å². The van der Waals surface area contributed by atoms with E-state index in [-0.39, 0.29) is 10.7 Å². The molecule has 0 bridgehead atoms. The Morgan fingerprint density at radius 2 is 2.16 bits per heavy atom. The van der Waals surface area contributed by atoms with Crippen molar-refractivity contribution >= 4 is 15.8 Å². The molecule has 1 saturated heterocycles. The third-order valence-electron chi connectivity index (χ3n) is 3.92. The number of nitrogen functional groups attached to an aromatic ring is 1. The highest BCUT2D eigenvalue weighted by Crippen LogP contribution is 2.28. The molecular formula is C12H22N4O2S.